The molecule has 0 aromatic heterocycles. The van der Waals surface area contributed by atoms with E-state index in [1.54, 1.807) is 24.3 Å². The van der Waals surface area contributed by atoms with Crippen LogP contribution in [0.3, 0.4) is 0 Å². The summed E-state index contributed by atoms with van der Waals surface area (Å²) < 4.78 is 0. The van der Waals surface area contributed by atoms with Crippen LogP contribution in [0.1, 0.15) is 12.0 Å². The molecule has 0 saturated heterocycles. The highest BCUT2D eigenvalue weighted by molar-refractivity contribution is 6.16. The van der Waals surface area contributed by atoms with Crippen molar-refractivity contribution in [1.29, 1.82) is 0 Å². The topological polar surface area (TPSA) is 138 Å². The molecule has 0 aliphatic carbocycles. The smallest absolute Gasteiger partial charge is 0.332 e. The van der Waals surface area contributed by atoms with Gasteiger partial charge >= 0.3 is 17.9 Å². The Hall–Kier alpha value is -2.57. The van der Waals surface area contributed by atoms with E-state index in [-0.39, 0.29) is 6.42 Å². The average molecular weight is 267 g/mol. The Balaban J connectivity index is 2.96. The molecule has 1 aromatic rings. The number of nitrogen functional groups attached to an aromatic ring is 1. The third-order valence-electron chi connectivity index (χ3n) is 2.86. The van der Waals surface area contributed by atoms with Crippen LogP contribution in [0.25, 0.3) is 0 Å². The summed E-state index contributed by atoms with van der Waals surface area (Å²) in [6.07, 6.45) is -0.540. The predicted molar refractivity (Wildman–Crippen MR) is 64.5 cm³/mol. The number of carboxylic acid groups (broad SMARTS) is 3. The van der Waals surface area contributed by atoms with E-state index >= 15 is 0 Å². The fraction of sp³-hybridized carbons (Fsp3) is 0.250. The van der Waals surface area contributed by atoms with Crippen LogP contribution in [-0.4, -0.2) is 33.2 Å². The fourth-order valence-corrected chi connectivity index (χ4v) is 1.61. The molecule has 7 nitrogen and oxygen atoms in total. The van der Waals surface area contributed by atoms with E-state index < -0.39 is 29.7 Å². The van der Waals surface area contributed by atoms with Gasteiger partial charge in [0.1, 0.15) is 0 Å². The Bertz CT molecular complexity index is 471. The van der Waals surface area contributed by atoms with Crippen molar-refractivity contribution in [2.75, 3.05) is 5.73 Å². The van der Waals surface area contributed by atoms with Gasteiger partial charge in [-0.3, -0.25) is 14.4 Å². The first-order valence-electron chi connectivity index (χ1n) is 5.35. The molecular formula is C12H13NO6. The zero-order valence-corrected chi connectivity index (χ0v) is 9.87. The van der Waals surface area contributed by atoms with Crippen LogP contribution in [0.5, 0.6) is 0 Å². The molecule has 0 radical (unpaired) electrons. The summed E-state index contributed by atoms with van der Waals surface area (Å²) in [5.74, 6) is -5.66. The highest BCUT2D eigenvalue weighted by atomic mass is 16.4. The second-order valence-electron chi connectivity index (χ2n) is 4.06. The molecule has 1 rings (SSSR count). The second-order valence-corrected chi connectivity index (χ2v) is 4.06. The molecule has 0 aliphatic heterocycles. The summed E-state index contributed by atoms with van der Waals surface area (Å²) in [5, 5.41) is 26.7. The lowest BCUT2D eigenvalue weighted by atomic mass is 9.82. The highest BCUT2D eigenvalue weighted by Gasteiger charge is 2.53. The Kier molecular flexibility index (Phi) is 4.11. The maximum atomic E-state index is 11.0. The maximum absolute atomic E-state index is 11.0. The van der Waals surface area contributed by atoms with Gasteiger partial charge in [0.05, 0.1) is 0 Å². The zero-order valence-electron chi connectivity index (χ0n) is 9.87. The maximum Gasteiger partial charge on any atom is 0.332 e. The van der Waals surface area contributed by atoms with Gasteiger partial charge in [-0.1, -0.05) is 12.1 Å². The third kappa shape index (κ3) is 2.82. The van der Waals surface area contributed by atoms with E-state index in [0.29, 0.717) is 11.3 Å². The van der Waals surface area contributed by atoms with Crippen molar-refractivity contribution in [1.82, 2.24) is 0 Å². The van der Waals surface area contributed by atoms with Crippen molar-refractivity contribution < 1.29 is 29.7 Å². The number of anilines is 1. The highest BCUT2D eigenvalue weighted by Crippen LogP contribution is 2.26. The molecule has 0 amide bonds. The normalized spacial score (nSPS) is 10.9. The van der Waals surface area contributed by atoms with Gasteiger partial charge in [0.25, 0.3) is 5.41 Å². The minimum Gasteiger partial charge on any atom is -0.480 e. The van der Waals surface area contributed by atoms with Crippen LogP contribution >= 0.6 is 0 Å². The standard InChI is InChI=1S/C12H13NO6/c13-8-3-1-7(2-4-8)5-6-12(9(14)15,10(16)17)11(18)19/h1-4H,5-6,13H2,(H,14,15)(H,16,17)(H,18,19). The number of aryl methyl sites for hydroxylation is 1. The van der Waals surface area contributed by atoms with Crippen molar-refractivity contribution in [3.05, 3.63) is 29.8 Å². The summed E-state index contributed by atoms with van der Waals surface area (Å²) in [5.41, 5.74) is 3.76. The van der Waals surface area contributed by atoms with Gasteiger partial charge < -0.3 is 21.1 Å². The minimum absolute atomic E-state index is 0.00514. The first-order valence-corrected chi connectivity index (χ1v) is 5.35. The second kappa shape index (κ2) is 5.38. The number of benzene rings is 1. The molecule has 7 heteroatoms. The number of hydrogen-bond acceptors (Lipinski definition) is 4. The Morgan fingerprint density at radius 2 is 1.37 bits per heavy atom. The number of nitrogens with two attached hydrogens (primary N) is 1. The summed E-state index contributed by atoms with van der Waals surface area (Å²) in [7, 11) is 0. The molecular weight excluding hydrogens is 254 g/mol. The Morgan fingerprint density at radius 3 is 1.74 bits per heavy atom. The van der Waals surface area contributed by atoms with Crippen molar-refractivity contribution in [3.63, 3.8) is 0 Å². The van der Waals surface area contributed by atoms with E-state index in [0.717, 1.165) is 0 Å². The van der Waals surface area contributed by atoms with Crippen LogP contribution in [-0.2, 0) is 20.8 Å². The molecule has 1 aromatic carbocycles. The summed E-state index contributed by atoms with van der Waals surface area (Å²) >= 11 is 0. The van der Waals surface area contributed by atoms with Gasteiger partial charge in [-0.2, -0.15) is 0 Å². The van der Waals surface area contributed by atoms with Crippen LogP contribution in [0.15, 0.2) is 24.3 Å². The van der Waals surface area contributed by atoms with Crippen molar-refractivity contribution in [2.24, 2.45) is 5.41 Å². The predicted octanol–water partition coefficient (Wildman–Crippen LogP) is 0.442. The van der Waals surface area contributed by atoms with E-state index in [1.807, 2.05) is 0 Å². The third-order valence-corrected chi connectivity index (χ3v) is 2.86. The molecule has 0 heterocycles. The lowest BCUT2D eigenvalue weighted by Gasteiger charge is -2.19. The zero-order chi connectivity index (χ0) is 14.6. The van der Waals surface area contributed by atoms with Gasteiger partial charge in [-0.05, 0) is 30.5 Å². The Labute approximate surface area is 108 Å². The quantitative estimate of drug-likeness (QED) is 0.433. The lowest BCUT2D eigenvalue weighted by molar-refractivity contribution is -0.176. The number of carbonyl (C=O) groups is 3. The average Bonchev–Trinajstić information content (AvgIpc) is 2.30. The van der Waals surface area contributed by atoms with Crippen LogP contribution in [0.4, 0.5) is 5.69 Å². The molecule has 0 atom stereocenters. The van der Waals surface area contributed by atoms with E-state index in [2.05, 4.69) is 0 Å². The van der Waals surface area contributed by atoms with Gasteiger partial charge in [-0.25, -0.2) is 0 Å². The van der Waals surface area contributed by atoms with Crippen LogP contribution < -0.4 is 5.73 Å². The molecule has 0 spiro atoms. The molecule has 5 N–H and O–H groups in total. The SMILES string of the molecule is Nc1ccc(CCC(C(=O)O)(C(=O)O)C(=O)O)cc1. The molecule has 102 valence electrons. The van der Waals surface area contributed by atoms with Gasteiger partial charge in [0.2, 0.25) is 0 Å². The first kappa shape index (κ1) is 14.5. The number of rotatable bonds is 6. The van der Waals surface area contributed by atoms with Gasteiger partial charge in [-0.15, -0.1) is 0 Å². The largest absolute Gasteiger partial charge is 0.480 e. The van der Waals surface area contributed by atoms with E-state index in [4.69, 9.17) is 21.1 Å². The van der Waals surface area contributed by atoms with E-state index in [9.17, 15) is 14.4 Å². The van der Waals surface area contributed by atoms with Crippen LogP contribution in [0, 0.1) is 5.41 Å². The molecule has 0 fully saturated rings. The summed E-state index contributed by atoms with van der Waals surface area (Å²) in [4.78, 5) is 33.0. The van der Waals surface area contributed by atoms with Gasteiger partial charge in [0, 0.05) is 5.69 Å². The molecule has 0 aliphatic rings. The van der Waals surface area contributed by atoms with Crippen molar-refractivity contribution in [3.8, 4) is 0 Å². The monoisotopic (exact) mass is 267 g/mol. The lowest BCUT2D eigenvalue weighted by Crippen LogP contribution is -2.46. The minimum atomic E-state index is -2.83. The number of aliphatic carboxylic acids is 3. The summed E-state index contributed by atoms with van der Waals surface area (Å²) in [6.45, 7) is 0. The van der Waals surface area contributed by atoms with Crippen molar-refractivity contribution >= 4 is 23.6 Å². The molecule has 0 unspecified atom stereocenters. The first-order chi connectivity index (χ1) is 8.80. The van der Waals surface area contributed by atoms with E-state index in [1.165, 1.54) is 0 Å². The molecule has 19 heavy (non-hydrogen) atoms. The Morgan fingerprint density at radius 1 is 0.947 bits per heavy atom. The van der Waals surface area contributed by atoms with Crippen LogP contribution in [0.2, 0.25) is 0 Å². The fourth-order valence-electron chi connectivity index (χ4n) is 1.61. The molecule has 0 saturated carbocycles. The summed E-state index contributed by atoms with van der Waals surface area (Å²) in [6, 6.07) is 6.32. The van der Waals surface area contributed by atoms with Crippen molar-refractivity contribution in [2.45, 2.75) is 12.8 Å². The molecule has 0 bridgehead atoms. The number of hydrogen-bond donors (Lipinski definition) is 4. The number of carboxylic acids is 3. The van der Waals surface area contributed by atoms with Gasteiger partial charge in [0.15, 0.2) is 0 Å².